The van der Waals surface area contributed by atoms with Gasteiger partial charge in [-0.1, -0.05) is 24.2 Å². The summed E-state index contributed by atoms with van der Waals surface area (Å²) in [7, 11) is -1.36. The van der Waals surface area contributed by atoms with Crippen molar-refractivity contribution < 1.29 is 14.8 Å². The zero-order chi connectivity index (χ0) is 14.0. The Morgan fingerprint density at radius 2 is 1.75 bits per heavy atom. The molecule has 0 atom stereocenters. The van der Waals surface area contributed by atoms with Gasteiger partial charge in [0.25, 0.3) is 0 Å². The van der Waals surface area contributed by atoms with E-state index in [9.17, 15) is 0 Å². The molecule has 0 unspecified atom stereocenters. The average molecular weight is 273 g/mol. The predicted molar refractivity (Wildman–Crippen MR) is 79.7 cm³/mol. The van der Waals surface area contributed by atoms with Crippen molar-refractivity contribution in [2.24, 2.45) is 0 Å². The minimum absolute atomic E-state index is 0.0211. The third kappa shape index (κ3) is 2.90. The van der Waals surface area contributed by atoms with Crippen molar-refractivity contribution in [2.75, 3.05) is 31.2 Å². The normalized spacial score (nSPS) is 21.2. The summed E-state index contributed by atoms with van der Waals surface area (Å²) in [6.07, 6.45) is 4.08. The number of hydrogen-bond donors (Lipinski definition) is 2. The molecule has 0 spiro atoms. The molecule has 106 valence electrons. The van der Waals surface area contributed by atoms with Gasteiger partial charge in [-0.2, -0.15) is 0 Å². The Morgan fingerprint density at radius 1 is 1.10 bits per heavy atom. The molecule has 0 amide bonds. The van der Waals surface area contributed by atoms with Gasteiger partial charge >= 0.3 is 7.12 Å². The zero-order valence-electron chi connectivity index (χ0n) is 11.5. The van der Waals surface area contributed by atoms with Gasteiger partial charge in [-0.25, -0.2) is 0 Å². The number of benzene rings is 1. The highest BCUT2D eigenvalue weighted by atomic mass is 16.5. The van der Waals surface area contributed by atoms with Crippen LogP contribution in [0.3, 0.4) is 0 Å². The maximum absolute atomic E-state index is 8.95. The topological polar surface area (TPSA) is 52.9 Å². The Balaban J connectivity index is 1.73. The number of morpholine rings is 1. The van der Waals surface area contributed by atoms with Crippen LogP contribution in [0.1, 0.15) is 18.4 Å². The lowest BCUT2D eigenvalue weighted by atomic mass is 9.86. The molecule has 2 fully saturated rings. The number of allylic oxidation sites excluding steroid dienone is 1. The molecule has 2 aliphatic rings. The molecule has 1 heterocycles. The maximum atomic E-state index is 8.95. The summed E-state index contributed by atoms with van der Waals surface area (Å²) >= 11 is 0. The van der Waals surface area contributed by atoms with Gasteiger partial charge in [0.15, 0.2) is 0 Å². The molecule has 0 aromatic heterocycles. The Kier molecular flexibility index (Phi) is 3.83. The quantitative estimate of drug-likeness (QED) is 0.807. The molecule has 0 bridgehead atoms. The second-order valence-corrected chi connectivity index (χ2v) is 5.58. The van der Waals surface area contributed by atoms with Crippen LogP contribution in [-0.4, -0.2) is 43.5 Å². The number of nitrogens with zero attached hydrogens (tertiary/aromatic N) is 1. The molecular formula is C15H20BNO3. The SMILES string of the molecule is OB(O)/C=C/C1(c2ccc(N3CCOCC3)cc2)CC1. The highest BCUT2D eigenvalue weighted by molar-refractivity contribution is 6.47. The van der Waals surface area contributed by atoms with E-state index in [-0.39, 0.29) is 5.41 Å². The van der Waals surface area contributed by atoms with Crippen LogP contribution in [0.15, 0.2) is 36.3 Å². The largest absolute Gasteiger partial charge is 0.480 e. The zero-order valence-corrected chi connectivity index (χ0v) is 11.5. The van der Waals surface area contributed by atoms with E-state index in [0.717, 1.165) is 39.1 Å². The summed E-state index contributed by atoms with van der Waals surface area (Å²) in [5, 5.41) is 17.9. The smallest absolute Gasteiger partial charge is 0.424 e. The molecule has 1 saturated carbocycles. The van der Waals surface area contributed by atoms with Crippen LogP contribution in [0.2, 0.25) is 0 Å². The summed E-state index contributed by atoms with van der Waals surface area (Å²) < 4.78 is 5.37. The van der Waals surface area contributed by atoms with Crippen molar-refractivity contribution in [3.63, 3.8) is 0 Å². The molecule has 0 radical (unpaired) electrons. The van der Waals surface area contributed by atoms with Crippen molar-refractivity contribution in [2.45, 2.75) is 18.3 Å². The van der Waals surface area contributed by atoms with Crippen LogP contribution >= 0.6 is 0 Å². The van der Waals surface area contributed by atoms with Crippen LogP contribution in [-0.2, 0) is 10.2 Å². The lowest BCUT2D eigenvalue weighted by Gasteiger charge is -2.29. The number of anilines is 1. The lowest BCUT2D eigenvalue weighted by molar-refractivity contribution is 0.122. The van der Waals surface area contributed by atoms with E-state index >= 15 is 0 Å². The summed E-state index contributed by atoms with van der Waals surface area (Å²) in [5.41, 5.74) is 2.51. The van der Waals surface area contributed by atoms with Crippen molar-refractivity contribution in [1.29, 1.82) is 0 Å². The first kappa shape index (κ1) is 13.7. The fourth-order valence-corrected chi connectivity index (χ4v) is 2.78. The molecule has 3 rings (SSSR count). The first-order valence-electron chi connectivity index (χ1n) is 7.18. The Bertz CT molecular complexity index is 476. The summed E-state index contributed by atoms with van der Waals surface area (Å²) in [6.45, 7) is 3.48. The van der Waals surface area contributed by atoms with Crippen LogP contribution in [0, 0.1) is 0 Å². The minimum atomic E-state index is -1.36. The van der Waals surface area contributed by atoms with Gasteiger partial charge in [-0.05, 0) is 30.5 Å². The van der Waals surface area contributed by atoms with E-state index in [1.807, 2.05) is 6.08 Å². The van der Waals surface area contributed by atoms with Gasteiger partial charge in [0.05, 0.1) is 13.2 Å². The van der Waals surface area contributed by atoms with Crippen molar-refractivity contribution >= 4 is 12.8 Å². The Hall–Kier alpha value is -1.30. The molecule has 1 aromatic carbocycles. The second kappa shape index (κ2) is 5.60. The van der Waals surface area contributed by atoms with E-state index in [4.69, 9.17) is 14.8 Å². The lowest BCUT2D eigenvalue weighted by Crippen LogP contribution is -2.36. The second-order valence-electron chi connectivity index (χ2n) is 5.58. The van der Waals surface area contributed by atoms with Crippen molar-refractivity contribution in [3.05, 3.63) is 41.9 Å². The summed E-state index contributed by atoms with van der Waals surface area (Å²) in [5.74, 6) is 1.46. The van der Waals surface area contributed by atoms with Gasteiger partial charge in [0.1, 0.15) is 0 Å². The first-order chi connectivity index (χ1) is 9.70. The van der Waals surface area contributed by atoms with Crippen molar-refractivity contribution in [1.82, 2.24) is 0 Å². The van der Waals surface area contributed by atoms with Crippen LogP contribution < -0.4 is 4.90 Å². The first-order valence-corrected chi connectivity index (χ1v) is 7.18. The molecule has 4 nitrogen and oxygen atoms in total. The van der Waals surface area contributed by atoms with Gasteiger partial charge in [0, 0.05) is 24.2 Å². The average Bonchev–Trinajstić information content (AvgIpc) is 3.28. The van der Waals surface area contributed by atoms with Crippen LogP contribution in [0.4, 0.5) is 5.69 Å². The van der Waals surface area contributed by atoms with E-state index in [2.05, 4.69) is 29.2 Å². The molecule has 5 heteroatoms. The highest BCUT2D eigenvalue weighted by Crippen LogP contribution is 2.49. The standard InChI is InChI=1S/C15H20BNO3/c18-16(19)8-7-15(5-6-15)13-1-3-14(4-2-13)17-9-11-20-12-10-17/h1-4,7-8,18-19H,5-6,9-12H2/b8-7+. The molecule has 1 aliphatic heterocycles. The molecule has 1 aliphatic carbocycles. The molecule has 2 N–H and O–H groups in total. The predicted octanol–water partition coefficient (Wildman–Crippen LogP) is 1.12. The van der Waals surface area contributed by atoms with Gasteiger partial charge < -0.3 is 19.7 Å². The van der Waals surface area contributed by atoms with Crippen LogP contribution in [0.25, 0.3) is 0 Å². The van der Waals surface area contributed by atoms with Gasteiger partial charge in [-0.15, -0.1) is 0 Å². The fourth-order valence-electron chi connectivity index (χ4n) is 2.78. The van der Waals surface area contributed by atoms with E-state index in [1.165, 1.54) is 17.2 Å². The third-order valence-electron chi connectivity index (χ3n) is 4.19. The van der Waals surface area contributed by atoms with Gasteiger partial charge in [0.2, 0.25) is 0 Å². The van der Waals surface area contributed by atoms with E-state index < -0.39 is 7.12 Å². The van der Waals surface area contributed by atoms with Crippen LogP contribution in [0.5, 0.6) is 0 Å². The molecular weight excluding hydrogens is 253 g/mol. The summed E-state index contributed by atoms with van der Waals surface area (Å²) in [6, 6.07) is 8.63. The molecule has 20 heavy (non-hydrogen) atoms. The van der Waals surface area contributed by atoms with E-state index in [1.54, 1.807) is 0 Å². The van der Waals surface area contributed by atoms with Gasteiger partial charge in [-0.3, -0.25) is 0 Å². The number of rotatable bonds is 4. The number of ether oxygens (including phenoxy) is 1. The number of hydrogen-bond acceptors (Lipinski definition) is 4. The van der Waals surface area contributed by atoms with E-state index in [0.29, 0.717) is 0 Å². The fraction of sp³-hybridized carbons (Fsp3) is 0.467. The summed E-state index contributed by atoms with van der Waals surface area (Å²) in [4.78, 5) is 2.33. The molecule has 1 aromatic rings. The Morgan fingerprint density at radius 3 is 2.30 bits per heavy atom. The monoisotopic (exact) mass is 273 g/mol. The Labute approximate surface area is 119 Å². The minimum Gasteiger partial charge on any atom is -0.424 e. The molecule has 1 saturated heterocycles. The van der Waals surface area contributed by atoms with Crippen molar-refractivity contribution in [3.8, 4) is 0 Å². The highest BCUT2D eigenvalue weighted by Gasteiger charge is 2.41. The third-order valence-corrected chi connectivity index (χ3v) is 4.19. The maximum Gasteiger partial charge on any atom is 0.480 e.